The van der Waals surface area contributed by atoms with E-state index in [0.29, 0.717) is 24.0 Å². The Kier molecular flexibility index (Phi) is 5.12. The van der Waals surface area contributed by atoms with Gasteiger partial charge in [0, 0.05) is 23.9 Å². The molecule has 1 atom stereocenters. The van der Waals surface area contributed by atoms with Crippen LogP contribution in [0.15, 0.2) is 52.5 Å². The van der Waals surface area contributed by atoms with E-state index < -0.39 is 5.92 Å². The highest BCUT2D eigenvalue weighted by Gasteiger charge is 2.35. The number of aromatic nitrogens is 1. The molecule has 2 amide bonds. The molecule has 0 saturated carbocycles. The molecule has 1 saturated heterocycles. The number of carbonyl (C=O) groups is 2. The lowest BCUT2D eigenvalue weighted by Gasteiger charge is -2.14. The van der Waals surface area contributed by atoms with Gasteiger partial charge in [-0.2, -0.15) is 0 Å². The molecule has 8 heteroatoms. The van der Waals surface area contributed by atoms with E-state index in [-0.39, 0.29) is 18.2 Å². The van der Waals surface area contributed by atoms with Gasteiger partial charge in [-0.15, -0.1) is 11.3 Å². The van der Waals surface area contributed by atoms with Crippen molar-refractivity contribution in [2.75, 3.05) is 19.0 Å². The predicted molar refractivity (Wildman–Crippen MR) is 105 cm³/mol. The maximum Gasteiger partial charge on any atom is 0.231 e. The molecule has 0 bridgehead atoms. The summed E-state index contributed by atoms with van der Waals surface area (Å²) in [7, 11) is 1.62. The zero-order valence-corrected chi connectivity index (χ0v) is 16.1. The van der Waals surface area contributed by atoms with Gasteiger partial charge in [-0.3, -0.25) is 9.59 Å². The number of amides is 2. The van der Waals surface area contributed by atoms with E-state index in [9.17, 15) is 9.59 Å². The molecule has 3 heterocycles. The maximum absolute atomic E-state index is 12.6. The van der Waals surface area contributed by atoms with Crippen molar-refractivity contribution in [3.05, 3.63) is 53.8 Å². The lowest BCUT2D eigenvalue weighted by molar-refractivity contribution is -0.128. The molecule has 1 aliphatic rings. The van der Waals surface area contributed by atoms with Crippen LogP contribution in [0, 0.1) is 5.92 Å². The Bertz CT molecular complexity index is 966. The van der Waals surface area contributed by atoms with Crippen molar-refractivity contribution in [3.8, 4) is 17.0 Å². The van der Waals surface area contributed by atoms with Crippen LogP contribution in [-0.2, 0) is 16.1 Å². The molecule has 1 N–H and O–H groups in total. The number of methoxy groups -OCH3 is 1. The molecule has 28 heavy (non-hydrogen) atoms. The smallest absolute Gasteiger partial charge is 0.231 e. The normalized spacial score (nSPS) is 16.4. The van der Waals surface area contributed by atoms with E-state index >= 15 is 0 Å². The molecule has 1 aliphatic heterocycles. The molecule has 0 aliphatic carbocycles. The summed E-state index contributed by atoms with van der Waals surface area (Å²) in [6.07, 6.45) is 1.77. The third kappa shape index (κ3) is 3.91. The topological polar surface area (TPSA) is 84.7 Å². The molecule has 1 fully saturated rings. The molecule has 7 nitrogen and oxygen atoms in total. The van der Waals surface area contributed by atoms with Crippen molar-refractivity contribution < 1.29 is 18.7 Å². The lowest BCUT2D eigenvalue weighted by atomic mass is 10.1. The largest absolute Gasteiger partial charge is 0.497 e. The fourth-order valence-corrected chi connectivity index (χ4v) is 3.85. The summed E-state index contributed by atoms with van der Waals surface area (Å²) in [4.78, 5) is 30.9. The maximum atomic E-state index is 12.6. The van der Waals surface area contributed by atoms with Gasteiger partial charge in [0.25, 0.3) is 0 Å². The van der Waals surface area contributed by atoms with Crippen molar-refractivity contribution in [2.24, 2.45) is 5.92 Å². The Morgan fingerprint density at radius 3 is 2.89 bits per heavy atom. The molecule has 144 valence electrons. The van der Waals surface area contributed by atoms with Crippen LogP contribution in [0.2, 0.25) is 0 Å². The van der Waals surface area contributed by atoms with Gasteiger partial charge < -0.3 is 19.4 Å². The minimum atomic E-state index is -0.393. The lowest BCUT2D eigenvalue weighted by Crippen LogP contribution is -2.27. The number of furan rings is 1. The van der Waals surface area contributed by atoms with Gasteiger partial charge in [-0.05, 0) is 36.4 Å². The Hall–Kier alpha value is -3.13. The molecule has 2 aromatic heterocycles. The predicted octanol–water partition coefficient (Wildman–Crippen LogP) is 3.40. The van der Waals surface area contributed by atoms with Crippen LogP contribution < -0.4 is 10.1 Å². The monoisotopic (exact) mass is 397 g/mol. The zero-order valence-electron chi connectivity index (χ0n) is 15.3. The van der Waals surface area contributed by atoms with E-state index in [4.69, 9.17) is 9.15 Å². The van der Waals surface area contributed by atoms with Crippen LogP contribution in [0.25, 0.3) is 11.3 Å². The molecule has 1 aromatic carbocycles. The highest BCUT2D eigenvalue weighted by molar-refractivity contribution is 7.14. The van der Waals surface area contributed by atoms with E-state index in [1.807, 2.05) is 35.7 Å². The highest BCUT2D eigenvalue weighted by atomic mass is 32.1. The second kappa shape index (κ2) is 7.85. The number of likely N-dealkylation sites (tertiary alicyclic amines) is 1. The number of hydrogen-bond donors (Lipinski definition) is 1. The first-order valence-corrected chi connectivity index (χ1v) is 9.71. The Morgan fingerprint density at radius 2 is 2.18 bits per heavy atom. The minimum Gasteiger partial charge on any atom is -0.497 e. The summed E-state index contributed by atoms with van der Waals surface area (Å²) >= 11 is 1.36. The van der Waals surface area contributed by atoms with Crippen molar-refractivity contribution in [1.29, 1.82) is 0 Å². The fourth-order valence-electron chi connectivity index (χ4n) is 3.12. The van der Waals surface area contributed by atoms with Crippen LogP contribution in [0.4, 0.5) is 5.13 Å². The van der Waals surface area contributed by atoms with Crippen LogP contribution in [-0.4, -0.2) is 35.4 Å². The minimum absolute atomic E-state index is 0.0467. The number of anilines is 1. The van der Waals surface area contributed by atoms with E-state index in [1.165, 1.54) is 11.3 Å². The number of nitrogens with one attached hydrogen (secondary N) is 1. The van der Waals surface area contributed by atoms with Crippen molar-refractivity contribution in [3.63, 3.8) is 0 Å². The van der Waals surface area contributed by atoms with E-state index in [2.05, 4.69) is 10.3 Å². The quantitative estimate of drug-likeness (QED) is 0.689. The fraction of sp³-hybridized carbons (Fsp3) is 0.250. The molecule has 3 aromatic rings. The first-order valence-electron chi connectivity index (χ1n) is 8.83. The summed E-state index contributed by atoms with van der Waals surface area (Å²) < 4.78 is 10.4. The number of thiazole rings is 1. The first kappa shape index (κ1) is 18.2. The molecular weight excluding hydrogens is 378 g/mol. The van der Waals surface area contributed by atoms with Gasteiger partial charge in [0.15, 0.2) is 5.13 Å². The summed E-state index contributed by atoms with van der Waals surface area (Å²) in [6.45, 7) is 0.760. The second-order valence-corrected chi connectivity index (χ2v) is 7.37. The first-order chi connectivity index (χ1) is 13.6. The Labute approximate surface area is 165 Å². The number of hydrogen-bond acceptors (Lipinski definition) is 6. The van der Waals surface area contributed by atoms with Gasteiger partial charge >= 0.3 is 0 Å². The van der Waals surface area contributed by atoms with Gasteiger partial charge in [0.2, 0.25) is 11.8 Å². The van der Waals surface area contributed by atoms with Gasteiger partial charge in [0.1, 0.15) is 11.5 Å². The molecule has 0 radical (unpaired) electrons. The van der Waals surface area contributed by atoms with Crippen molar-refractivity contribution in [1.82, 2.24) is 9.88 Å². The van der Waals surface area contributed by atoms with Gasteiger partial charge in [-0.1, -0.05) is 0 Å². The number of rotatable bonds is 6. The average molecular weight is 397 g/mol. The SMILES string of the molecule is COc1ccc(-c2csc(NC(=O)C3CC(=O)N(Cc4ccco4)C3)n2)cc1. The average Bonchev–Trinajstić information content (AvgIpc) is 3.45. The third-order valence-electron chi connectivity index (χ3n) is 4.63. The summed E-state index contributed by atoms with van der Waals surface area (Å²) in [5, 5.41) is 5.25. The molecular formula is C20H19N3O4S. The summed E-state index contributed by atoms with van der Waals surface area (Å²) in [5.41, 5.74) is 1.73. The Morgan fingerprint density at radius 1 is 1.36 bits per heavy atom. The zero-order chi connectivity index (χ0) is 19.5. The van der Waals surface area contributed by atoms with Crippen molar-refractivity contribution >= 4 is 28.3 Å². The standard InChI is InChI=1S/C20H19N3O4S/c1-26-15-6-4-13(5-7-15)17-12-28-20(21-17)22-19(25)14-9-18(24)23(10-14)11-16-3-2-8-27-16/h2-8,12,14H,9-11H2,1H3,(H,21,22,25). The highest BCUT2D eigenvalue weighted by Crippen LogP contribution is 2.28. The van der Waals surface area contributed by atoms with Gasteiger partial charge in [0.05, 0.1) is 31.5 Å². The second-order valence-electron chi connectivity index (χ2n) is 6.51. The molecule has 4 rings (SSSR count). The summed E-state index contributed by atoms with van der Waals surface area (Å²) in [6, 6.07) is 11.2. The molecule has 0 spiro atoms. The van der Waals surface area contributed by atoms with E-state index in [0.717, 1.165) is 17.0 Å². The molecule has 1 unspecified atom stereocenters. The third-order valence-corrected chi connectivity index (χ3v) is 5.39. The van der Waals surface area contributed by atoms with Crippen LogP contribution >= 0.6 is 11.3 Å². The Balaban J connectivity index is 1.37. The van der Waals surface area contributed by atoms with Crippen LogP contribution in [0.1, 0.15) is 12.2 Å². The number of nitrogens with zero attached hydrogens (tertiary/aromatic N) is 2. The van der Waals surface area contributed by atoms with Gasteiger partial charge in [-0.25, -0.2) is 4.98 Å². The number of carbonyl (C=O) groups excluding carboxylic acids is 2. The van der Waals surface area contributed by atoms with Crippen molar-refractivity contribution in [2.45, 2.75) is 13.0 Å². The van der Waals surface area contributed by atoms with Crippen LogP contribution in [0.3, 0.4) is 0 Å². The van der Waals surface area contributed by atoms with E-state index in [1.54, 1.807) is 24.3 Å². The number of benzene rings is 1. The summed E-state index contributed by atoms with van der Waals surface area (Å²) in [5.74, 6) is 0.854. The van der Waals surface area contributed by atoms with Crippen LogP contribution in [0.5, 0.6) is 5.75 Å². The number of ether oxygens (including phenoxy) is 1.